The number of nitrogens with one attached hydrogen (secondary N) is 1. The minimum atomic E-state index is -3.61. The van der Waals surface area contributed by atoms with Crippen molar-refractivity contribution in [1.82, 2.24) is 5.32 Å². The minimum Gasteiger partial charge on any atom is -0.351 e. The summed E-state index contributed by atoms with van der Waals surface area (Å²) >= 11 is 0. The van der Waals surface area contributed by atoms with Crippen LogP contribution in [0, 0.1) is 5.41 Å². The van der Waals surface area contributed by atoms with E-state index >= 15 is 0 Å². The topological polar surface area (TPSA) is 107 Å². The Bertz CT molecular complexity index is 764. The Labute approximate surface area is 137 Å². The fourth-order valence-corrected chi connectivity index (χ4v) is 2.74. The lowest BCUT2D eigenvalue weighted by molar-refractivity contribution is -0.130. The number of hydrogen-bond acceptors (Lipinski definition) is 6. The van der Waals surface area contributed by atoms with Crippen molar-refractivity contribution in [3.8, 4) is 0 Å². The molecule has 1 N–H and O–H groups in total. The molecule has 130 valence electrons. The van der Waals surface area contributed by atoms with E-state index in [0.29, 0.717) is 0 Å². The van der Waals surface area contributed by atoms with Crippen LogP contribution in [-0.2, 0) is 35.5 Å². The van der Waals surface area contributed by atoms with Crippen LogP contribution in [0.3, 0.4) is 0 Å². The monoisotopic (exact) mass is 363 g/mol. The van der Waals surface area contributed by atoms with Crippen LogP contribution in [0.5, 0.6) is 0 Å². The minimum absolute atomic E-state index is 0.200. The highest BCUT2D eigenvalue weighted by Gasteiger charge is 2.29. The van der Waals surface area contributed by atoms with Gasteiger partial charge < -0.3 is 5.32 Å². The third kappa shape index (κ3) is 6.67. The van der Waals surface area contributed by atoms with Crippen LogP contribution in [0.4, 0.5) is 0 Å². The van der Waals surface area contributed by atoms with Gasteiger partial charge in [0.25, 0.3) is 10.1 Å². The number of sulfone groups is 1. The molecule has 0 atom stereocenters. The van der Waals surface area contributed by atoms with E-state index in [2.05, 4.69) is 9.50 Å². The van der Waals surface area contributed by atoms with E-state index in [1.54, 1.807) is 26.0 Å². The van der Waals surface area contributed by atoms with E-state index < -0.39 is 25.4 Å². The maximum atomic E-state index is 12.1. The highest BCUT2D eigenvalue weighted by molar-refractivity contribution is 7.90. The van der Waals surface area contributed by atoms with E-state index in [-0.39, 0.29) is 24.0 Å². The lowest BCUT2D eigenvalue weighted by Crippen LogP contribution is -2.40. The molecule has 0 saturated carbocycles. The van der Waals surface area contributed by atoms with Gasteiger partial charge in [-0.3, -0.25) is 8.98 Å². The van der Waals surface area contributed by atoms with Gasteiger partial charge in [0.2, 0.25) is 5.91 Å². The smallest absolute Gasteiger partial charge is 0.264 e. The number of rotatable bonds is 7. The maximum Gasteiger partial charge on any atom is 0.264 e. The standard InChI is InChI=1S/C14H21NO6S2/c1-14(2,10-21-23(4,19)20)13(16)15-9-11-5-7-12(8-6-11)22(3,17)18/h5-8H,9-10H2,1-4H3,(H,15,16). The maximum absolute atomic E-state index is 12.1. The van der Waals surface area contributed by atoms with E-state index in [9.17, 15) is 21.6 Å². The van der Waals surface area contributed by atoms with Crippen LogP contribution < -0.4 is 5.32 Å². The fourth-order valence-electron chi connectivity index (χ4n) is 1.60. The first-order chi connectivity index (χ1) is 10.3. The van der Waals surface area contributed by atoms with Crippen molar-refractivity contribution in [3.05, 3.63) is 29.8 Å². The summed E-state index contributed by atoms with van der Waals surface area (Å²) in [6.45, 7) is 3.08. The number of carbonyl (C=O) groups excluding carboxylic acids is 1. The molecule has 1 aromatic rings. The molecule has 0 aliphatic carbocycles. The van der Waals surface area contributed by atoms with Crippen molar-refractivity contribution in [3.63, 3.8) is 0 Å². The summed E-state index contributed by atoms with van der Waals surface area (Å²) in [5.41, 5.74) is -0.291. The van der Waals surface area contributed by atoms with Crippen LogP contribution >= 0.6 is 0 Å². The van der Waals surface area contributed by atoms with Crippen LogP contribution in [-0.4, -0.2) is 41.9 Å². The first-order valence-electron chi connectivity index (χ1n) is 6.73. The molecule has 23 heavy (non-hydrogen) atoms. The van der Waals surface area contributed by atoms with Gasteiger partial charge in [-0.15, -0.1) is 0 Å². The summed E-state index contributed by atoms with van der Waals surface area (Å²) in [5, 5.41) is 2.67. The van der Waals surface area contributed by atoms with Gasteiger partial charge in [0.1, 0.15) is 0 Å². The third-order valence-corrected chi connectivity index (χ3v) is 4.73. The summed E-state index contributed by atoms with van der Waals surface area (Å²) in [5.74, 6) is -0.367. The molecule has 7 nitrogen and oxygen atoms in total. The molecule has 0 bridgehead atoms. The van der Waals surface area contributed by atoms with E-state index in [1.807, 2.05) is 0 Å². The Kier molecular flexibility index (Phi) is 5.95. The average Bonchev–Trinajstić information content (AvgIpc) is 2.41. The van der Waals surface area contributed by atoms with Crippen molar-refractivity contribution >= 4 is 25.9 Å². The Hall–Kier alpha value is -1.45. The van der Waals surface area contributed by atoms with Crippen LogP contribution in [0.25, 0.3) is 0 Å². The van der Waals surface area contributed by atoms with Crippen LogP contribution in [0.1, 0.15) is 19.4 Å². The molecule has 0 fully saturated rings. The van der Waals surface area contributed by atoms with E-state index in [0.717, 1.165) is 18.1 Å². The summed E-state index contributed by atoms with van der Waals surface area (Å²) < 4.78 is 49.4. The van der Waals surface area contributed by atoms with Crippen molar-refractivity contribution in [1.29, 1.82) is 0 Å². The molecule has 1 aromatic carbocycles. The quantitative estimate of drug-likeness (QED) is 0.715. The molecule has 0 aromatic heterocycles. The van der Waals surface area contributed by atoms with Crippen molar-refractivity contribution in [2.75, 3.05) is 19.1 Å². The number of hydrogen-bond donors (Lipinski definition) is 1. The molecule has 1 amide bonds. The van der Waals surface area contributed by atoms with E-state index in [4.69, 9.17) is 0 Å². The third-order valence-electron chi connectivity index (χ3n) is 3.05. The highest BCUT2D eigenvalue weighted by Crippen LogP contribution is 2.17. The van der Waals surface area contributed by atoms with Crippen molar-refractivity contribution in [2.45, 2.75) is 25.3 Å². The zero-order valence-electron chi connectivity index (χ0n) is 13.5. The Morgan fingerprint density at radius 2 is 1.61 bits per heavy atom. The Balaban J connectivity index is 2.65. The van der Waals surface area contributed by atoms with Crippen LogP contribution in [0.15, 0.2) is 29.2 Å². The van der Waals surface area contributed by atoms with Gasteiger partial charge in [-0.1, -0.05) is 12.1 Å². The first kappa shape index (κ1) is 19.6. The normalized spacial score (nSPS) is 12.9. The van der Waals surface area contributed by atoms with Crippen molar-refractivity contribution < 1.29 is 25.8 Å². The zero-order valence-corrected chi connectivity index (χ0v) is 15.1. The fraction of sp³-hybridized carbons (Fsp3) is 0.500. The molecular weight excluding hydrogens is 342 g/mol. The second-order valence-corrected chi connectivity index (χ2v) is 9.61. The highest BCUT2D eigenvalue weighted by atomic mass is 32.2. The molecule has 0 spiro atoms. The average molecular weight is 363 g/mol. The predicted octanol–water partition coefficient (Wildman–Crippen LogP) is 0.709. The van der Waals surface area contributed by atoms with Gasteiger partial charge in [-0.2, -0.15) is 8.42 Å². The SMILES string of the molecule is CC(C)(COS(C)(=O)=O)C(=O)NCc1ccc(S(C)(=O)=O)cc1. The Morgan fingerprint density at radius 3 is 2.04 bits per heavy atom. The molecule has 0 unspecified atom stereocenters. The van der Waals surface area contributed by atoms with Gasteiger partial charge in [0, 0.05) is 12.8 Å². The zero-order chi connectivity index (χ0) is 17.9. The molecule has 0 radical (unpaired) electrons. The molecule has 1 rings (SSSR count). The molecule has 0 aliphatic heterocycles. The van der Waals surface area contributed by atoms with Gasteiger partial charge in [0.15, 0.2) is 9.84 Å². The van der Waals surface area contributed by atoms with Gasteiger partial charge in [-0.25, -0.2) is 8.42 Å². The lowest BCUT2D eigenvalue weighted by atomic mass is 9.94. The van der Waals surface area contributed by atoms with Gasteiger partial charge in [-0.05, 0) is 31.5 Å². The number of benzene rings is 1. The summed E-state index contributed by atoms with van der Waals surface area (Å²) in [6.07, 6.45) is 2.04. The molecule has 0 saturated heterocycles. The summed E-state index contributed by atoms with van der Waals surface area (Å²) in [4.78, 5) is 12.3. The predicted molar refractivity (Wildman–Crippen MR) is 86.0 cm³/mol. The molecule has 9 heteroatoms. The second kappa shape index (κ2) is 6.98. The van der Waals surface area contributed by atoms with Gasteiger partial charge in [0.05, 0.1) is 23.2 Å². The van der Waals surface area contributed by atoms with Crippen LogP contribution in [0.2, 0.25) is 0 Å². The molecule has 0 heterocycles. The second-order valence-electron chi connectivity index (χ2n) is 5.95. The molecular formula is C14H21NO6S2. The first-order valence-corrected chi connectivity index (χ1v) is 10.4. The van der Waals surface area contributed by atoms with Crippen molar-refractivity contribution in [2.24, 2.45) is 5.41 Å². The molecule has 0 aliphatic rings. The van der Waals surface area contributed by atoms with E-state index in [1.165, 1.54) is 12.1 Å². The largest absolute Gasteiger partial charge is 0.351 e. The van der Waals surface area contributed by atoms with Gasteiger partial charge >= 0.3 is 0 Å². The number of carbonyl (C=O) groups is 1. The summed E-state index contributed by atoms with van der Waals surface area (Å²) in [7, 11) is -6.87. The summed E-state index contributed by atoms with van der Waals surface area (Å²) in [6, 6.07) is 6.15. The number of amides is 1. The Morgan fingerprint density at radius 1 is 1.09 bits per heavy atom. The lowest BCUT2D eigenvalue weighted by Gasteiger charge is -2.22.